The van der Waals surface area contributed by atoms with Crippen LogP contribution in [0, 0.1) is 0 Å². The van der Waals surface area contributed by atoms with Gasteiger partial charge in [-0.2, -0.15) is 0 Å². The van der Waals surface area contributed by atoms with Gasteiger partial charge in [-0.3, -0.25) is 4.98 Å². The Morgan fingerprint density at radius 3 is 2.60 bits per heavy atom. The summed E-state index contributed by atoms with van der Waals surface area (Å²) in [5.74, 6) is -0.470. The van der Waals surface area contributed by atoms with Crippen molar-refractivity contribution < 1.29 is 4.42 Å². The molecule has 0 unspecified atom stereocenters. The van der Waals surface area contributed by atoms with E-state index in [1.807, 2.05) is 12.1 Å². The molecule has 0 fully saturated rings. The van der Waals surface area contributed by atoms with Crippen LogP contribution in [-0.2, 0) is 5.41 Å². The van der Waals surface area contributed by atoms with Gasteiger partial charge in [0.25, 0.3) is 0 Å². The van der Waals surface area contributed by atoms with E-state index in [0.717, 1.165) is 5.56 Å². The summed E-state index contributed by atoms with van der Waals surface area (Å²) in [5.41, 5.74) is 8.51. The molecule has 0 amide bonds. The van der Waals surface area contributed by atoms with Crippen molar-refractivity contribution in [2.24, 2.45) is 0 Å². The molecule has 0 aliphatic rings. The van der Waals surface area contributed by atoms with E-state index in [0.29, 0.717) is 16.8 Å². The van der Waals surface area contributed by atoms with Gasteiger partial charge >= 0.3 is 5.76 Å². The Labute approximate surface area is 87.1 Å². The molecule has 1 heterocycles. The SMILES string of the molecule is CC(C)(C)c1cc(N)c2[nH]c(=O)oc2c1. The smallest absolute Gasteiger partial charge is 0.408 e. The number of nitrogen functional groups attached to an aromatic ring is 1. The van der Waals surface area contributed by atoms with Crippen molar-refractivity contribution in [3.05, 3.63) is 28.2 Å². The lowest BCUT2D eigenvalue weighted by Gasteiger charge is -2.19. The Balaban J connectivity index is 2.78. The van der Waals surface area contributed by atoms with Crippen molar-refractivity contribution in [1.82, 2.24) is 4.98 Å². The Bertz CT molecular complexity index is 558. The van der Waals surface area contributed by atoms with Crippen molar-refractivity contribution in [2.45, 2.75) is 26.2 Å². The molecule has 2 aromatic rings. The van der Waals surface area contributed by atoms with Crippen LogP contribution in [0.1, 0.15) is 26.3 Å². The second kappa shape index (κ2) is 2.89. The minimum atomic E-state index is -0.470. The van der Waals surface area contributed by atoms with Crippen LogP contribution >= 0.6 is 0 Å². The molecule has 0 spiro atoms. The molecule has 1 aromatic heterocycles. The number of fused-ring (bicyclic) bond motifs is 1. The first-order valence-corrected chi connectivity index (χ1v) is 4.81. The molecule has 80 valence electrons. The van der Waals surface area contributed by atoms with Gasteiger partial charge in [0.15, 0.2) is 5.58 Å². The first-order chi connectivity index (χ1) is 6.88. The maximum absolute atomic E-state index is 11.0. The first-order valence-electron chi connectivity index (χ1n) is 4.81. The lowest BCUT2D eigenvalue weighted by atomic mass is 9.86. The third-order valence-corrected chi connectivity index (χ3v) is 2.43. The standard InChI is InChI=1S/C11H14N2O2/c1-11(2,3)6-4-7(12)9-8(5-6)15-10(14)13-9/h4-5H,12H2,1-3H3,(H,13,14). The van der Waals surface area contributed by atoms with Gasteiger partial charge in [0.1, 0.15) is 5.52 Å². The van der Waals surface area contributed by atoms with Crippen molar-refractivity contribution in [3.8, 4) is 0 Å². The van der Waals surface area contributed by atoms with Gasteiger partial charge in [-0.1, -0.05) is 20.8 Å². The van der Waals surface area contributed by atoms with Gasteiger partial charge in [-0.05, 0) is 23.1 Å². The van der Waals surface area contributed by atoms with Crippen LogP contribution in [0.5, 0.6) is 0 Å². The summed E-state index contributed by atoms with van der Waals surface area (Å²) in [4.78, 5) is 13.6. The molecule has 0 aliphatic heterocycles. The number of nitrogens with two attached hydrogens (primary N) is 1. The van der Waals surface area contributed by atoms with E-state index in [2.05, 4.69) is 25.8 Å². The number of hydrogen-bond acceptors (Lipinski definition) is 3. The van der Waals surface area contributed by atoms with Crippen LogP contribution in [0.3, 0.4) is 0 Å². The largest absolute Gasteiger partial charge is 0.417 e. The molecule has 4 heteroatoms. The number of aromatic amines is 1. The quantitative estimate of drug-likeness (QED) is 0.647. The number of hydrogen-bond donors (Lipinski definition) is 2. The highest BCUT2D eigenvalue weighted by Gasteiger charge is 2.17. The normalized spacial score (nSPS) is 12.2. The number of nitrogens with one attached hydrogen (secondary N) is 1. The molecule has 0 bridgehead atoms. The zero-order valence-corrected chi connectivity index (χ0v) is 9.05. The van der Waals surface area contributed by atoms with Crippen LogP contribution in [0.25, 0.3) is 11.1 Å². The van der Waals surface area contributed by atoms with Gasteiger partial charge in [0.2, 0.25) is 0 Å². The maximum Gasteiger partial charge on any atom is 0.417 e. The second-order valence-electron chi connectivity index (χ2n) is 4.70. The van der Waals surface area contributed by atoms with Crippen LogP contribution < -0.4 is 11.5 Å². The van der Waals surface area contributed by atoms with Crippen LogP contribution in [-0.4, -0.2) is 4.98 Å². The van der Waals surface area contributed by atoms with E-state index in [-0.39, 0.29) is 5.41 Å². The van der Waals surface area contributed by atoms with Gasteiger partial charge in [-0.15, -0.1) is 0 Å². The number of oxazole rings is 1. The highest BCUT2D eigenvalue weighted by atomic mass is 16.4. The van der Waals surface area contributed by atoms with Gasteiger partial charge < -0.3 is 10.2 Å². The van der Waals surface area contributed by atoms with Crippen LogP contribution in [0.15, 0.2) is 21.3 Å². The molecule has 1 aromatic carbocycles. The summed E-state index contributed by atoms with van der Waals surface area (Å²) < 4.78 is 4.99. The number of anilines is 1. The molecule has 0 saturated carbocycles. The third kappa shape index (κ3) is 1.63. The Hall–Kier alpha value is -1.71. The van der Waals surface area contributed by atoms with Gasteiger partial charge in [-0.25, -0.2) is 4.79 Å². The molecule has 15 heavy (non-hydrogen) atoms. The summed E-state index contributed by atoms with van der Waals surface area (Å²) in [6, 6.07) is 3.72. The highest BCUT2D eigenvalue weighted by molar-refractivity contribution is 5.86. The molecular weight excluding hydrogens is 192 g/mol. The molecule has 0 aliphatic carbocycles. The van der Waals surface area contributed by atoms with Crippen molar-refractivity contribution >= 4 is 16.8 Å². The van der Waals surface area contributed by atoms with E-state index in [1.54, 1.807) is 0 Å². The van der Waals surface area contributed by atoms with Gasteiger partial charge in [0.05, 0.1) is 5.69 Å². The predicted molar refractivity (Wildman–Crippen MR) is 59.9 cm³/mol. The van der Waals surface area contributed by atoms with E-state index in [1.165, 1.54) is 0 Å². The average molecular weight is 206 g/mol. The maximum atomic E-state index is 11.0. The topological polar surface area (TPSA) is 72.0 Å². The van der Waals surface area contributed by atoms with Crippen molar-refractivity contribution in [2.75, 3.05) is 5.73 Å². The molecule has 3 N–H and O–H groups in total. The summed E-state index contributed by atoms with van der Waals surface area (Å²) in [6.07, 6.45) is 0. The number of aromatic nitrogens is 1. The summed E-state index contributed by atoms with van der Waals surface area (Å²) >= 11 is 0. The zero-order chi connectivity index (χ0) is 11.2. The highest BCUT2D eigenvalue weighted by Crippen LogP contribution is 2.28. The monoisotopic (exact) mass is 206 g/mol. The fraction of sp³-hybridized carbons (Fsp3) is 0.364. The van der Waals surface area contributed by atoms with Gasteiger partial charge in [0, 0.05) is 0 Å². The molecule has 0 atom stereocenters. The molecule has 0 saturated heterocycles. The molecular formula is C11H14N2O2. The third-order valence-electron chi connectivity index (χ3n) is 2.43. The first kappa shape index (κ1) is 9.83. The van der Waals surface area contributed by atoms with Crippen molar-refractivity contribution in [3.63, 3.8) is 0 Å². The Kier molecular flexibility index (Phi) is 1.89. The molecule has 4 nitrogen and oxygen atoms in total. The average Bonchev–Trinajstić information content (AvgIpc) is 2.44. The van der Waals surface area contributed by atoms with E-state index in [4.69, 9.17) is 10.2 Å². The second-order valence-corrected chi connectivity index (χ2v) is 4.70. The van der Waals surface area contributed by atoms with Crippen molar-refractivity contribution in [1.29, 1.82) is 0 Å². The number of benzene rings is 1. The zero-order valence-electron chi connectivity index (χ0n) is 9.05. The lowest BCUT2D eigenvalue weighted by molar-refractivity contribution is 0.550. The van der Waals surface area contributed by atoms with E-state index < -0.39 is 5.76 Å². The van der Waals surface area contributed by atoms with Crippen LogP contribution in [0.2, 0.25) is 0 Å². The predicted octanol–water partition coefficient (Wildman–Crippen LogP) is 2.00. The fourth-order valence-corrected chi connectivity index (χ4v) is 1.51. The summed E-state index contributed by atoms with van der Waals surface area (Å²) in [6.45, 7) is 6.25. The lowest BCUT2D eigenvalue weighted by Crippen LogP contribution is -2.11. The minimum Gasteiger partial charge on any atom is -0.408 e. The Morgan fingerprint density at radius 2 is 2.00 bits per heavy atom. The summed E-state index contributed by atoms with van der Waals surface area (Å²) in [7, 11) is 0. The van der Waals surface area contributed by atoms with Crippen LogP contribution in [0.4, 0.5) is 5.69 Å². The molecule has 2 rings (SSSR count). The summed E-state index contributed by atoms with van der Waals surface area (Å²) in [5, 5.41) is 0. The van der Waals surface area contributed by atoms with E-state index in [9.17, 15) is 4.79 Å². The van der Waals surface area contributed by atoms with E-state index >= 15 is 0 Å². The molecule has 0 radical (unpaired) electrons. The Morgan fingerprint density at radius 1 is 1.33 bits per heavy atom. The fourth-order valence-electron chi connectivity index (χ4n) is 1.51. The number of rotatable bonds is 0. The number of H-pyrrole nitrogens is 1. The minimum absolute atomic E-state index is 0.0157.